The van der Waals surface area contributed by atoms with E-state index >= 15 is 0 Å². The minimum Gasteiger partial charge on any atom is -0.389 e. The van der Waals surface area contributed by atoms with Crippen LogP contribution in [0.15, 0.2) is 0 Å². The van der Waals surface area contributed by atoms with Gasteiger partial charge >= 0.3 is 0 Å². The molecule has 2 nitrogen and oxygen atoms in total. The minimum atomic E-state index is -0.412. The highest BCUT2D eigenvalue weighted by atomic mass is 16.3. The van der Waals surface area contributed by atoms with E-state index in [0.29, 0.717) is 11.5 Å². The Morgan fingerprint density at radius 1 is 1.12 bits per heavy atom. The van der Waals surface area contributed by atoms with Crippen LogP contribution in [0.2, 0.25) is 0 Å². The smallest absolute Gasteiger partial charge is 0.0771 e. The Morgan fingerprint density at radius 2 is 1.76 bits per heavy atom. The van der Waals surface area contributed by atoms with Crippen molar-refractivity contribution in [3.8, 4) is 0 Å². The quantitative estimate of drug-likeness (QED) is 0.793. The fourth-order valence-electron chi connectivity index (χ4n) is 3.87. The van der Waals surface area contributed by atoms with Crippen molar-refractivity contribution >= 4 is 0 Å². The molecule has 0 radical (unpaired) electrons. The lowest BCUT2D eigenvalue weighted by Crippen LogP contribution is -2.46. The molecular formula is C15H29NO. The van der Waals surface area contributed by atoms with Gasteiger partial charge in [0.25, 0.3) is 0 Å². The highest BCUT2D eigenvalue weighted by molar-refractivity contribution is 4.93. The van der Waals surface area contributed by atoms with Crippen molar-refractivity contribution in [1.29, 1.82) is 0 Å². The van der Waals surface area contributed by atoms with E-state index in [1.54, 1.807) is 0 Å². The number of aliphatic hydroxyl groups is 1. The zero-order chi connectivity index (χ0) is 12.5. The average molecular weight is 239 g/mol. The molecule has 0 bridgehead atoms. The van der Waals surface area contributed by atoms with Crippen LogP contribution in [-0.4, -0.2) is 23.3 Å². The van der Waals surface area contributed by atoms with Crippen LogP contribution >= 0.6 is 0 Å². The van der Waals surface area contributed by atoms with Crippen molar-refractivity contribution in [3.63, 3.8) is 0 Å². The Kier molecular flexibility index (Phi) is 3.84. The molecule has 0 aromatic carbocycles. The molecule has 100 valence electrons. The lowest BCUT2D eigenvalue weighted by Gasteiger charge is -2.34. The molecule has 0 heterocycles. The van der Waals surface area contributed by atoms with Gasteiger partial charge in [0.2, 0.25) is 0 Å². The van der Waals surface area contributed by atoms with Gasteiger partial charge in [-0.3, -0.25) is 0 Å². The molecule has 2 rings (SSSR count). The van der Waals surface area contributed by atoms with Crippen molar-refractivity contribution in [3.05, 3.63) is 0 Å². The van der Waals surface area contributed by atoms with Crippen molar-refractivity contribution < 1.29 is 5.11 Å². The van der Waals surface area contributed by atoms with Crippen LogP contribution in [-0.2, 0) is 0 Å². The van der Waals surface area contributed by atoms with Gasteiger partial charge in [0.15, 0.2) is 0 Å². The second kappa shape index (κ2) is 4.89. The van der Waals surface area contributed by atoms with Crippen LogP contribution in [0.4, 0.5) is 0 Å². The molecule has 2 saturated carbocycles. The van der Waals surface area contributed by atoms with Crippen molar-refractivity contribution in [1.82, 2.24) is 5.32 Å². The third kappa shape index (κ3) is 3.45. The topological polar surface area (TPSA) is 32.3 Å². The van der Waals surface area contributed by atoms with Gasteiger partial charge in [-0.05, 0) is 37.0 Å². The number of hydrogen-bond acceptors (Lipinski definition) is 2. The third-order valence-electron chi connectivity index (χ3n) is 4.81. The van der Waals surface area contributed by atoms with E-state index in [0.717, 1.165) is 25.3 Å². The fraction of sp³-hybridized carbons (Fsp3) is 1.00. The molecule has 2 aliphatic rings. The number of hydrogen-bond donors (Lipinski definition) is 2. The van der Waals surface area contributed by atoms with E-state index in [1.807, 2.05) is 0 Å². The maximum atomic E-state index is 10.5. The maximum Gasteiger partial charge on any atom is 0.0771 e. The van der Waals surface area contributed by atoms with Gasteiger partial charge in [0.05, 0.1) is 5.60 Å². The van der Waals surface area contributed by atoms with Crippen LogP contribution < -0.4 is 5.32 Å². The van der Waals surface area contributed by atoms with E-state index in [2.05, 4.69) is 26.1 Å². The van der Waals surface area contributed by atoms with Gasteiger partial charge in [-0.1, -0.05) is 40.0 Å². The van der Waals surface area contributed by atoms with Gasteiger partial charge in [-0.25, -0.2) is 0 Å². The molecule has 0 aromatic heterocycles. The Morgan fingerprint density at radius 3 is 2.29 bits per heavy atom. The Balaban J connectivity index is 1.82. The van der Waals surface area contributed by atoms with Crippen molar-refractivity contribution in [2.45, 2.75) is 77.4 Å². The normalized spacial score (nSPS) is 36.0. The van der Waals surface area contributed by atoms with Crippen LogP contribution in [0, 0.1) is 11.3 Å². The second-order valence-electron chi connectivity index (χ2n) is 7.32. The molecule has 2 N–H and O–H groups in total. The standard InChI is InChI=1S/C15H29NO/c1-12-9-14(2,3)10-13(12)16-11-15(17)7-5-4-6-8-15/h12-13,16-17H,4-11H2,1-3H3. The highest BCUT2D eigenvalue weighted by Gasteiger charge is 2.38. The summed E-state index contributed by atoms with van der Waals surface area (Å²) in [6.45, 7) is 7.87. The molecular weight excluding hydrogens is 210 g/mol. The summed E-state index contributed by atoms with van der Waals surface area (Å²) in [4.78, 5) is 0. The summed E-state index contributed by atoms with van der Waals surface area (Å²) in [5.41, 5.74) is 0.0664. The van der Waals surface area contributed by atoms with E-state index in [-0.39, 0.29) is 0 Å². The van der Waals surface area contributed by atoms with Crippen LogP contribution in [0.5, 0.6) is 0 Å². The molecule has 2 unspecified atom stereocenters. The molecule has 0 amide bonds. The van der Waals surface area contributed by atoms with Gasteiger partial charge in [0, 0.05) is 12.6 Å². The number of rotatable bonds is 3. The van der Waals surface area contributed by atoms with Gasteiger partial charge in [-0.2, -0.15) is 0 Å². The van der Waals surface area contributed by atoms with E-state index in [4.69, 9.17) is 0 Å². The summed E-state index contributed by atoms with van der Waals surface area (Å²) in [5.74, 6) is 0.747. The largest absolute Gasteiger partial charge is 0.389 e. The molecule has 0 aromatic rings. The van der Waals surface area contributed by atoms with Crippen molar-refractivity contribution in [2.75, 3.05) is 6.54 Å². The zero-order valence-corrected chi connectivity index (χ0v) is 11.8. The lowest BCUT2D eigenvalue weighted by molar-refractivity contribution is 0.00170. The molecule has 2 fully saturated rings. The molecule has 2 aliphatic carbocycles. The van der Waals surface area contributed by atoms with E-state index in [1.165, 1.54) is 32.1 Å². The van der Waals surface area contributed by atoms with Crippen LogP contribution in [0.25, 0.3) is 0 Å². The SMILES string of the molecule is CC1CC(C)(C)CC1NCC1(O)CCCCC1. The molecule has 2 atom stereocenters. The first-order valence-corrected chi connectivity index (χ1v) is 7.36. The summed E-state index contributed by atoms with van der Waals surface area (Å²) in [6.07, 6.45) is 8.24. The highest BCUT2D eigenvalue weighted by Crippen LogP contribution is 2.41. The predicted molar refractivity (Wildman–Crippen MR) is 72.0 cm³/mol. The predicted octanol–water partition coefficient (Wildman–Crippen LogP) is 3.10. The first kappa shape index (κ1) is 13.4. The van der Waals surface area contributed by atoms with Crippen molar-refractivity contribution in [2.24, 2.45) is 11.3 Å². The van der Waals surface area contributed by atoms with Crippen LogP contribution in [0.1, 0.15) is 65.7 Å². The first-order chi connectivity index (χ1) is 7.90. The summed E-state index contributed by atoms with van der Waals surface area (Å²) < 4.78 is 0. The van der Waals surface area contributed by atoms with Gasteiger partial charge < -0.3 is 10.4 Å². The molecule has 0 saturated heterocycles. The maximum absolute atomic E-state index is 10.5. The monoisotopic (exact) mass is 239 g/mol. The summed E-state index contributed by atoms with van der Waals surface area (Å²) in [5, 5.41) is 14.1. The zero-order valence-electron chi connectivity index (χ0n) is 11.8. The van der Waals surface area contributed by atoms with E-state index < -0.39 is 5.60 Å². The summed E-state index contributed by atoms with van der Waals surface area (Å²) in [6, 6.07) is 0.607. The Hall–Kier alpha value is -0.0800. The van der Waals surface area contributed by atoms with Crippen LogP contribution in [0.3, 0.4) is 0 Å². The van der Waals surface area contributed by atoms with Gasteiger partial charge in [0.1, 0.15) is 0 Å². The van der Waals surface area contributed by atoms with E-state index in [9.17, 15) is 5.11 Å². The molecule has 17 heavy (non-hydrogen) atoms. The average Bonchev–Trinajstić information content (AvgIpc) is 2.50. The lowest BCUT2D eigenvalue weighted by atomic mass is 9.84. The Labute approximate surface area is 106 Å². The summed E-state index contributed by atoms with van der Waals surface area (Å²) >= 11 is 0. The molecule has 0 spiro atoms. The second-order valence-corrected chi connectivity index (χ2v) is 7.32. The van der Waals surface area contributed by atoms with Gasteiger partial charge in [-0.15, -0.1) is 0 Å². The number of nitrogens with one attached hydrogen (secondary N) is 1. The fourth-order valence-corrected chi connectivity index (χ4v) is 3.87. The third-order valence-corrected chi connectivity index (χ3v) is 4.81. The first-order valence-electron chi connectivity index (χ1n) is 7.36. The molecule has 0 aliphatic heterocycles. The summed E-state index contributed by atoms with van der Waals surface area (Å²) in [7, 11) is 0. The minimum absolute atomic E-state index is 0.412. The molecule has 2 heteroatoms. The Bertz CT molecular complexity index is 256.